The zero-order chi connectivity index (χ0) is 21.4. The SMILES string of the molecule is O=C(Nc1ccccc1C(F)(F)F)c1sc(-c2ccccc2Cl)nc1C(F)(F)F. The molecular weight excluding hydrogens is 442 g/mol. The molecule has 152 valence electrons. The monoisotopic (exact) mass is 450 g/mol. The van der Waals surface area contributed by atoms with Gasteiger partial charge >= 0.3 is 12.4 Å². The number of anilines is 1. The predicted octanol–water partition coefficient (Wildman–Crippen LogP) is 6.75. The molecular formula is C18H9ClF6N2OS. The van der Waals surface area contributed by atoms with Crippen LogP contribution < -0.4 is 5.32 Å². The number of thiazole rings is 1. The summed E-state index contributed by atoms with van der Waals surface area (Å²) in [6.45, 7) is 0. The van der Waals surface area contributed by atoms with E-state index in [1.54, 1.807) is 6.07 Å². The summed E-state index contributed by atoms with van der Waals surface area (Å²) in [5.74, 6) is -1.36. The summed E-state index contributed by atoms with van der Waals surface area (Å²) >= 11 is 6.36. The molecule has 3 rings (SSSR count). The molecule has 0 unspecified atom stereocenters. The summed E-state index contributed by atoms with van der Waals surface area (Å²) in [4.78, 5) is 15.1. The molecule has 0 aliphatic heterocycles. The molecule has 0 fully saturated rings. The topological polar surface area (TPSA) is 42.0 Å². The lowest BCUT2D eigenvalue weighted by Crippen LogP contribution is -2.19. The number of hydrogen-bond acceptors (Lipinski definition) is 3. The lowest BCUT2D eigenvalue weighted by molar-refractivity contribution is -0.141. The van der Waals surface area contributed by atoms with Gasteiger partial charge < -0.3 is 5.32 Å². The summed E-state index contributed by atoms with van der Waals surface area (Å²) in [5, 5.41) is 1.84. The highest BCUT2D eigenvalue weighted by Crippen LogP contribution is 2.40. The van der Waals surface area contributed by atoms with Crippen LogP contribution in [0.25, 0.3) is 10.6 Å². The van der Waals surface area contributed by atoms with Crippen molar-refractivity contribution < 1.29 is 31.1 Å². The summed E-state index contributed by atoms with van der Waals surface area (Å²) in [6.07, 6.45) is -9.79. The van der Waals surface area contributed by atoms with Gasteiger partial charge in [0, 0.05) is 5.56 Å². The number of nitrogens with zero attached hydrogens (tertiary/aromatic N) is 1. The first-order valence-corrected chi connectivity index (χ1v) is 8.98. The normalized spacial score (nSPS) is 12.1. The minimum atomic E-state index is -4.99. The minimum Gasteiger partial charge on any atom is -0.321 e. The maximum absolute atomic E-state index is 13.4. The molecule has 0 atom stereocenters. The zero-order valence-corrected chi connectivity index (χ0v) is 15.6. The molecule has 0 saturated heterocycles. The molecule has 0 bridgehead atoms. The van der Waals surface area contributed by atoms with Gasteiger partial charge in [-0.3, -0.25) is 4.79 Å². The van der Waals surface area contributed by atoms with Crippen molar-refractivity contribution in [2.75, 3.05) is 5.32 Å². The first-order valence-electron chi connectivity index (χ1n) is 7.79. The first-order chi connectivity index (χ1) is 13.5. The maximum Gasteiger partial charge on any atom is 0.435 e. The van der Waals surface area contributed by atoms with Crippen LogP contribution >= 0.6 is 22.9 Å². The smallest absolute Gasteiger partial charge is 0.321 e. The van der Waals surface area contributed by atoms with Crippen molar-refractivity contribution in [1.82, 2.24) is 4.98 Å². The number of carbonyl (C=O) groups is 1. The van der Waals surface area contributed by atoms with E-state index in [2.05, 4.69) is 4.98 Å². The number of alkyl halides is 6. The number of amides is 1. The maximum atomic E-state index is 13.4. The molecule has 1 amide bonds. The summed E-state index contributed by atoms with van der Waals surface area (Å²) in [6, 6.07) is 9.92. The van der Waals surface area contributed by atoms with E-state index in [0.717, 1.165) is 12.1 Å². The zero-order valence-electron chi connectivity index (χ0n) is 14.0. The second kappa shape index (κ2) is 7.68. The molecule has 0 aliphatic rings. The van der Waals surface area contributed by atoms with Crippen molar-refractivity contribution in [2.45, 2.75) is 12.4 Å². The van der Waals surface area contributed by atoms with Gasteiger partial charge in [-0.2, -0.15) is 26.3 Å². The molecule has 11 heteroatoms. The highest BCUT2D eigenvalue weighted by atomic mass is 35.5. The van der Waals surface area contributed by atoms with Crippen LogP contribution in [-0.2, 0) is 12.4 Å². The van der Waals surface area contributed by atoms with Gasteiger partial charge in [-0.05, 0) is 18.2 Å². The Hall–Kier alpha value is -2.59. The molecule has 1 aromatic heterocycles. The second-order valence-corrected chi connectivity index (χ2v) is 7.08. The van der Waals surface area contributed by atoms with Crippen molar-refractivity contribution in [3.8, 4) is 10.6 Å². The Kier molecular flexibility index (Phi) is 5.59. The summed E-state index contributed by atoms with van der Waals surface area (Å²) in [5.41, 5.74) is -3.18. The predicted molar refractivity (Wildman–Crippen MR) is 97.0 cm³/mol. The van der Waals surface area contributed by atoms with Crippen LogP contribution in [0.4, 0.5) is 32.0 Å². The number of halogens is 7. The third-order valence-corrected chi connectivity index (χ3v) is 5.10. The Balaban J connectivity index is 2.05. The fourth-order valence-electron chi connectivity index (χ4n) is 2.43. The van der Waals surface area contributed by atoms with Crippen LogP contribution in [0.5, 0.6) is 0 Å². The average molecular weight is 451 g/mol. The van der Waals surface area contributed by atoms with Crippen LogP contribution in [0, 0.1) is 0 Å². The first kappa shape index (κ1) is 21.1. The number of nitrogens with one attached hydrogen (secondary N) is 1. The number of benzene rings is 2. The quantitative estimate of drug-likeness (QED) is 0.448. The second-order valence-electron chi connectivity index (χ2n) is 5.67. The molecule has 2 aromatic carbocycles. The van der Waals surface area contributed by atoms with Gasteiger partial charge in [0.05, 0.1) is 16.3 Å². The van der Waals surface area contributed by atoms with Crippen LogP contribution in [0.15, 0.2) is 48.5 Å². The Morgan fingerprint density at radius 2 is 1.55 bits per heavy atom. The summed E-state index contributed by atoms with van der Waals surface area (Å²) < 4.78 is 79.4. The Morgan fingerprint density at radius 3 is 2.17 bits per heavy atom. The lowest BCUT2D eigenvalue weighted by atomic mass is 10.1. The van der Waals surface area contributed by atoms with Gasteiger partial charge in [-0.1, -0.05) is 41.9 Å². The fourth-order valence-corrected chi connectivity index (χ4v) is 3.74. The van der Waals surface area contributed by atoms with Gasteiger partial charge in [-0.15, -0.1) is 11.3 Å². The van der Waals surface area contributed by atoms with E-state index in [4.69, 9.17) is 11.6 Å². The van der Waals surface area contributed by atoms with Crippen LogP contribution in [-0.4, -0.2) is 10.9 Å². The highest BCUT2D eigenvalue weighted by Gasteiger charge is 2.40. The molecule has 0 spiro atoms. The number of aromatic nitrogens is 1. The van der Waals surface area contributed by atoms with E-state index in [1.807, 2.05) is 5.32 Å². The molecule has 3 aromatic rings. The van der Waals surface area contributed by atoms with Gasteiger partial charge in [0.2, 0.25) is 0 Å². The van der Waals surface area contributed by atoms with E-state index in [1.165, 1.54) is 24.3 Å². The third kappa shape index (κ3) is 4.54. The van der Waals surface area contributed by atoms with Gasteiger partial charge in [0.25, 0.3) is 5.91 Å². The van der Waals surface area contributed by atoms with Crippen molar-refractivity contribution in [2.24, 2.45) is 0 Å². The van der Waals surface area contributed by atoms with E-state index in [0.29, 0.717) is 17.4 Å². The fraction of sp³-hybridized carbons (Fsp3) is 0.111. The van der Waals surface area contributed by atoms with Crippen LogP contribution in [0.1, 0.15) is 20.9 Å². The Bertz CT molecular complexity index is 1060. The van der Waals surface area contributed by atoms with Crippen LogP contribution in [0.3, 0.4) is 0 Å². The molecule has 29 heavy (non-hydrogen) atoms. The summed E-state index contributed by atoms with van der Waals surface area (Å²) in [7, 11) is 0. The van der Waals surface area contributed by atoms with Gasteiger partial charge in [0.1, 0.15) is 9.88 Å². The van der Waals surface area contributed by atoms with Crippen molar-refractivity contribution in [1.29, 1.82) is 0 Å². The molecule has 3 nitrogen and oxygen atoms in total. The largest absolute Gasteiger partial charge is 0.435 e. The Labute approximate surface area is 169 Å². The minimum absolute atomic E-state index is 0.115. The van der Waals surface area contributed by atoms with E-state index in [-0.39, 0.29) is 15.6 Å². The van der Waals surface area contributed by atoms with Crippen molar-refractivity contribution in [3.05, 3.63) is 69.7 Å². The molecule has 1 N–H and O–H groups in total. The van der Waals surface area contributed by atoms with Gasteiger partial charge in [-0.25, -0.2) is 4.98 Å². The molecule has 0 saturated carbocycles. The third-order valence-electron chi connectivity index (χ3n) is 3.69. The average Bonchev–Trinajstić information content (AvgIpc) is 3.07. The number of rotatable bonds is 3. The lowest BCUT2D eigenvalue weighted by Gasteiger charge is -2.13. The highest BCUT2D eigenvalue weighted by molar-refractivity contribution is 7.17. The van der Waals surface area contributed by atoms with Crippen molar-refractivity contribution in [3.63, 3.8) is 0 Å². The van der Waals surface area contributed by atoms with Crippen LogP contribution in [0.2, 0.25) is 5.02 Å². The van der Waals surface area contributed by atoms with E-state index in [9.17, 15) is 31.1 Å². The van der Waals surface area contributed by atoms with Gasteiger partial charge in [0.15, 0.2) is 5.69 Å². The molecule has 0 radical (unpaired) electrons. The molecule has 0 aliphatic carbocycles. The van der Waals surface area contributed by atoms with E-state index < -0.39 is 40.1 Å². The number of hydrogen-bond donors (Lipinski definition) is 1. The standard InChI is InChI=1S/C18H9ClF6N2OS/c19-11-7-3-1-5-9(11)16-27-14(18(23,24)25)13(29-16)15(28)26-12-8-4-2-6-10(12)17(20,21)22/h1-8H,(H,26,28). The number of para-hydroxylation sites is 1. The van der Waals surface area contributed by atoms with E-state index >= 15 is 0 Å². The Morgan fingerprint density at radius 1 is 0.931 bits per heavy atom. The van der Waals surface area contributed by atoms with Crippen molar-refractivity contribution >= 4 is 34.5 Å². The molecule has 1 heterocycles. The number of carbonyl (C=O) groups excluding carboxylic acids is 1.